The zero-order valence-electron chi connectivity index (χ0n) is 26.8. The number of esters is 4. The fraction of sp³-hybridized carbons (Fsp3) is 0.500. The summed E-state index contributed by atoms with van der Waals surface area (Å²) in [6, 6.07) is 0. The molecule has 0 aliphatic carbocycles. The third kappa shape index (κ3) is 13.0. The lowest BCUT2D eigenvalue weighted by atomic mass is 10.1. The van der Waals surface area contributed by atoms with E-state index in [1.54, 1.807) is 23.4 Å². The fourth-order valence-electron chi connectivity index (χ4n) is 4.14. The summed E-state index contributed by atoms with van der Waals surface area (Å²) < 4.78 is 23.7. The normalized spacial score (nSPS) is 10.7. The maximum Gasteiger partial charge on any atom is 0.302 e. The van der Waals surface area contributed by atoms with Crippen LogP contribution in [0.5, 0.6) is 0 Å². The Morgan fingerprint density at radius 1 is 0.688 bits per heavy atom. The molecule has 0 bridgehead atoms. The van der Waals surface area contributed by atoms with Gasteiger partial charge in [-0.25, -0.2) is 15.0 Å². The second-order valence-electron chi connectivity index (χ2n) is 10.4. The third-order valence-corrected chi connectivity index (χ3v) is 6.72. The Balaban J connectivity index is 0.000000327. The zero-order chi connectivity index (χ0) is 34.5. The van der Waals surface area contributed by atoms with Crippen LogP contribution in [0.1, 0.15) is 40.5 Å². The summed E-state index contributed by atoms with van der Waals surface area (Å²) in [4.78, 5) is 68.3. The molecule has 4 heterocycles. The van der Waals surface area contributed by atoms with Gasteiger partial charge in [-0.15, -0.1) is 24.0 Å². The number of carbonyl (C=O) groups is 4. The van der Waals surface area contributed by atoms with Gasteiger partial charge in [0.25, 0.3) is 0 Å². The number of aryl methyl sites for hydroxylation is 2. The molecule has 0 unspecified atom stereocenters. The molecular formula is C28H38ClIN10O8. The third-order valence-electron chi connectivity index (χ3n) is 6.46. The summed E-state index contributed by atoms with van der Waals surface area (Å²) in [7, 11) is 0. The van der Waals surface area contributed by atoms with E-state index in [-0.39, 0.29) is 103 Å². The van der Waals surface area contributed by atoms with Crippen molar-refractivity contribution in [3.63, 3.8) is 0 Å². The average molecular weight is 805 g/mol. The van der Waals surface area contributed by atoms with Crippen LogP contribution < -0.4 is 11.5 Å². The van der Waals surface area contributed by atoms with E-state index in [1.165, 1.54) is 27.7 Å². The Morgan fingerprint density at radius 2 is 1.12 bits per heavy atom. The van der Waals surface area contributed by atoms with Crippen molar-refractivity contribution in [3.05, 3.63) is 24.0 Å². The first-order chi connectivity index (χ1) is 22.3. The first-order valence-corrected chi connectivity index (χ1v) is 14.8. The van der Waals surface area contributed by atoms with Crippen molar-refractivity contribution in [1.29, 1.82) is 0 Å². The Labute approximate surface area is 297 Å². The number of halogens is 2. The summed E-state index contributed by atoms with van der Waals surface area (Å²) in [6.45, 7) is 7.11. The van der Waals surface area contributed by atoms with E-state index in [4.69, 9.17) is 42.0 Å². The van der Waals surface area contributed by atoms with Crippen LogP contribution in [0.2, 0.25) is 5.15 Å². The Hall–Kier alpha value is -4.40. The lowest BCUT2D eigenvalue weighted by Crippen LogP contribution is -2.21. The summed E-state index contributed by atoms with van der Waals surface area (Å²) in [6.07, 6.45) is 5.99. The molecule has 0 spiro atoms. The van der Waals surface area contributed by atoms with Crippen LogP contribution in [0.15, 0.2) is 18.9 Å². The highest BCUT2D eigenvalue weighted by molar-refractivity contribution is 14.0. The molecule has 0 fully saturated rings. The Morgan fingerprint density at radius 3 is 1.60 bits per heavy atom. The number of nitrogens with zero attached hydrogens (tertiary/aromatic N) is 8. The molecule has 0 aromatic carbocycles. The molecule has 48 heavy (non-hydrogen) atoms. The van der Waals surface area contributed by atoms with Crippen LogP contribution in [0.25, 0.3) is 22.3 Å². The van der Waals surface area contributed by atoms with Crippen molar-refractivity contribution < 1.29 is 38.1 Å². The molecule has 0 amide bonds. The minimum absolute atomic E-state index is 0. The van der Waals surface area contributed by atoms with Crippen LogP contribution >= 0.6 is 35.6 Å². The van der Waals surface area contributed by atoms with Crippen LogP contribution in [-0.4, -0.2) is 89.3 Å². The van der Waals surface area contributed by atoms with E-state index >= 15 is 0 Å². The topological polar surface area (TPSA) is 244 Å². The van der Waals surface area contributed by atoms with Crippen LogP contribution in [0.4, 0.5) is 11.9 Å². The predicted molar refractivity (Wildman–Crippen MR) is 183 cm³/mol. The molecule has 4 aromatic rings. The van der Waals surface area contributed by atoms with Gasteiger partial charge in [0.2, 0.25) is 11.9 Å². The predicted octanol–water partition coefficient (Wildman–Crippen LogP) is 2.35. The number of imidazole rings is 2. The number of nitrogen functional groups attached to an aromatic ring is 2. The summed E-state index contributed by atoms with van der Waals surface area (Å²) in [5.74, 6) is -1.53. The average Bonchev–Trinajstić information content (AvgIpc) is 3.60. The van der Waals surface area contributed by atoms with Crippen molar-refractivity contribution >= 4 is 93.7 Å². The molecule has 0 radical (unpaired) electrons. The molecule has 4 N–H and O–H groups in total. The highest BCUT2D eigenvalue weighted by Gasteiger charge is 2.17. The number of ether oxygens (including phenoxy) is 4. The second-order valence-corrected chi connectivity index (χ2v) is 10.7. The maximum atomic E-state index is 11.0. The quantitative estimate of drug-likeness (QED) is 0.0804. The maximum absolute atomic E-state index is 11.0. The smallest absolute Gasteiger partial charge is 0.302 e. The molecule has 20 heteroatoms. The van der Waals surface area contributed by atoms with Crippen LogP contribution in [0, 0.1) is 11.8 Å². The Kier molecular flexibility index (Phi) is 16.1. The molecule has 4 rings (SSSR count). The molecule has 0 aliphatic rings. The first-order valence-electron chi connectivity index (χ1n) is 14.4. The summed E-state index contributed by atoms with van der Waals surface area (Å²) in [5.41, 5.74) is 13.5. The van der Waals surface area contributed by atoms with E-state index in [0.29, 0.717) is 48.3 Å². The van der Waals surface area contributed by atoms with Gasteiger partial charge in [0.1, 0.15) is 11.0 Å². The largest absolute Gasteiger partial charge is 0.465 e. The van der Waals surface area contributed by atoms with Gasteiger partial charge in [-0.2, -0.15) is 15.0 Å². The van der Waals surface area contributed by atoms with Gasteiger partial charge in [0, 0.05) is 52.6 Å². The molecule has 0 atom stereocenters. The Bertz CT molecular complexity index is 1670. The lowest BCUT2D eigenvalue weighted by molar-refractivity contribution is -0.148. The van der Waals surface area contributed by atoms with Gasteiger partial charge in [-0.3, -0.25) is 19.2 Å². The second kappa shape index (κ2) is 19.4. The number of aromatic nitrogens is 8. The van der Waals surface area contributed by atoms with E-state index in [2.05, 4.69) is 29.9 Å². The number of fused-ring (bicyclic) bond motifs is 2. The highest BCUT2D eigenvalue weighted by atomic mass is 127. The van der Waals surface area contributed by atoms with E-state index in [9.17, 15) is 19.2 Å². The van der Waals surface area contributed by atoms with Crippen molar-refractivity contribution in [3.8, 4) is 0 Å². The number of hydrogen-bond donors (Lipinski definition) is 2. The van der Waals surface area contributed by atoms with Gasteiger partial charge in [-0.1, -0.05) is 11.6 Å². The number of nitrogens with two attached hydrogens (primary N) is 2. The standard InChI is InChI=1S/C14H18ClN5O4.C14H19N5O4.HI/c1-8(21)23-5-10(6-24-9(2)22)3-4-20-7-17-11-12(15)18-14(16)19-13(11)20;1-9(20)22-6-11(7-23-10(2)21)3-4-19-8-17-12-5-16-14(15)18-13(12)19;/h7,10H,3-6H2,1-2H3,(H2,16,18,19);5,8,11H,3-4,6-7H2,1-2H3,(H2,15,16,18);1H. The molecule has 0 saturated heterocycles. The minimum Gasteiger partial charge on any atom is -0.465 e. The molecule has 262 valence electrons. The number of anilines is 2. The van der Waals surface area contributed by atoms with Gasteiger partial charge in [0.05, 0.1) is 45.3 Å². The van der Waals surface area contributed by atoms with Crippen molar-refractivity contribution in [1.82, 2.24) is 39.0 Å². The van der Waals surface area contributed by atoms with E-state index < -0.39 is 0 Å². The number of rotatable bonds is 14. The summed E-state index contributed by atoms with van der Waals surface area (Å²) >= 11 is 5.99. The lowest BCUT2D eigenvalue weighted by Gasteiger charge is -2.16. The molecule has 18 nitrogen and oxygen atoms in total. The van der Waals surface area contributed by atoms with Crippen molar-refractivity contribution in [2.24, 2.45) is 11.8 Å². The van der Waals surface area contributed by atoms with Gasteiger partial charge >= 0.3 is 23.9 Å². The number of carbonyl (C=O) groups excluding carboxylic acids is 4. The first kappa shape index (κ1) is 39.8. The number of hydrogen-bond acceptors (Lipinski definition) is 16. The molecular weight excluding hydrogens is 767 g/mol. The van der Waals surface area contributed by atoms with E-state index in [0.717, 1.165) is 0 Å². The van der Waals surface area contributed by atoms with Crippen LogP contribution in [0.3, 0.4) is 0 Å². The van der Waals surface area contributed by atoms with Gasteiger partial charge in [0.15, 0.2) is 16.4 Å². The van der Waals surface area contributed by atoms with Gasteiger partial charge in [-0.05, 0) is 12.8 Å². The monoisotopic (exact) mass is 804 g/mol. The highest BCUT2D eigenvalue weighted by Crippen LogP contribution is 2.20. The fourth-order valence-corrected chi connectivity index (χ4v) is 4.36. The van der Waals surface area contributed by atoms with Crippen LogP contribution in [-0.2, 0) is 51.2 Å². The SMILES string of the molecule is CC(=O)OCC(CCn1cnc2c(Cl)nc(N)nc21)COC(C)=O.CC(=O)OCC(CCn1cnc2cnc(N)nc21)COC(C)=O.I. The van der Waals surface area contributed by atoms with Crippen molar-refractivity contribution in [2.45, 2.75) is 53.6 Å². The van der Waals surface area contributed by atoms with E-state index in [1.807, 2.05) is 4.57 Å². The van der Waals surface area contributed by atoms with Gasteiger partial charge < -0.3 is 39.5 Å². The molecule has 4 aromatic heterocycles. The molecule has 0 saturated carbocycles. The minimum atomic E-state index is -0.386. The zero-order valence-corrected chi connectivity index (χ0v) is 29.9. The molecule has 0 aliphatic heterocycles. The van der Waals surface area contributed by atoms with Crippen molar-refractivity contribution in [2.75, 3.05) is 37.9 Å². The summed E-state index contributed by atoms with van der Waals surface area (Å²) in [5, 5.41) is 0.188.